The molecule has 0 aromatic heterocycles. The number of nitroso groups, excluding NO2 is 1. The van der Waals surface area contributed by atoms with Gasteiger partial charge in [0.1, 0.15) is 5.69 Å². The van der Waals surface area contributed by atoms with E-state index in [1.165, 1.54) is 18.2 Å². The summed E-state index contributed by atoms with van der Waals surface area (Å²) < 4.78 is 0. The first kappa shape index (κ1) is 7.40. The molecule has 0 saturated heterocycles. The van der Waals surface area contributed by atoms with Gasteiger partial charge in [-0.15, -0.1) is 4.91 Å². The standard InChI is InChI=1S/C7H5NO3/c9-6-3-1-2-5(8-11)4-7(6)10/h1-4H,(H,9,10). The van der Waals surface area contributed by atoms with E-state index >= 15 is 0 Å². The van der Waals surface area contributed by atoms with E-state index in [1.807, 2.05) is 0 Å². The lowest BCUT2D eigenvalue weighted by atomic mass is 10.4. The molecule has 0 spiro atoms. The Morgan fingerprint density at radius 1 is 1.36 bits per heavy atom. The molecule has 0 heterocycles. The van der Waals surface area contributed by atoms with Gasteiger partial charge >= 0.3 is 0 Å². The van der Waals surface area contributed by atoms with Crippen LogP contribution in [0.15, 0.2) is 34.2 Å². The summed E-state index contributed by atoms with van der Waals surface area (Å²) in [4.78, 5) is 20.7. The zero-order valence-corrected chi connectivity index (χ0v) is 5.52. The number of rotatable bonds is 1. The van der Waals surface area contributed by atoms with Crippen LogP contribution in [0.3, 0.4) is 0 Å². The number of hydrogen-bond donors (Lipinski definition) is 1. The smallest absolute Gasteiger partial charge is 0.222 e. The van der Waals surface area contributed by atoms with Gasteiger partial charge in [-0.25, -0.2) is 0 Å². The Balaban J connectivity index is 3.44. The zero-order chi connectivity index (χ0) is 8.27. The minimum absolute atomic E-state index is 0.00954. The van der Waals surface area contributed by atoms with Gasteiger partial charge in [-0.1, -0.05) is 6.07 Å². The third-order valence-corrected chi connectivity index (χ3v) is 1.16. The summed E-state index contributed by atoms with van der Waals surface area (Å²) in [5, 5.41) is 11.4. The number of hydrogen-bond acceptors (Lipinski definition) is 4. The topological polar surface area (TPSA) is 66.7 Å². The van der Waals surface area contributed by atoms with Crippen LogP contribution >= 0.6 is 0 Å². The van der Waals surface area contributed by atoms with Gasteiger partial charge in [-0.3, -0.25) is 4.79 Å². The van der Waals surface area contributed by atoms with Crippen LogP contribution in [-0.2, 0) is 0 Å². The molecule has 0 amide bonds. The second kappa shape index (κ2) is 2.92. The maximum Gasteiger partial charge on any atom is 0.222 e. The molecule has 56 valence electrons. The number of nitrogens with zero attached hydrogens (tertiary/aromatic N) is 1. The van der Waals surface area contributed by atoms with Crippen LogP contribution in [-0.4, -0.2) is 5.11 Å². The summed E-state index contributed by atoms with van der Waals surface area (Å²) >= 11 is 0. The molecule has 1 aromatic rings. The molecule has 0 saturated carbocycles. The van der Waals surface area contributed by atoms with Crippen molar-refractivity contribution in [2.24, 2.45) is 5.18 Å². The first-order chi connectivity index (χ1) is 5.24. The summed E-state index contributed by atoms with van der Waals surface area (Å²) in [7, 11) is 0. The maximum atomic E-state index is 10.7. The molecule has 1 rings (SSSR count). The molecule has 4 nitrogen and oxygen atoms in total. The van der Waals surface area contributed by atoms with Crippen molar-refractivity contribution in [2.75, 3.05) is 0 Å². The first-order valence-corrected chi connectivity index (χ1v) is 2.91. The van der Waals surface area contributed by atoms with Crippen molar-refractivity contribution in [1.82, 2.24) is 0 Å². The zero-order valence-electron chi connectivity index (χ0n) is 5.52. The average Bonchev–Trinajstić information content (AvgIpc) is 2.15. The van der Waals surface area contributed by atoms with E-state index in [-0.39, 0.29) is 11.4 Å². The molecule has 4 heteroatoms. The van der Waals surface area contributed by atoms with Gasteiger partial charge in [0.05, 0.1) is 0 Å². The van der Waals surface area contributed by atoms with Gasteiger partial charge in [0.15, 0.2) is 5.75 Å². The maximum absolute atomic E-state index is 10.7. The van der Waals surface area contributed by atoms with Crippen LogP contribution in [0, 0.1) is 4.91 Å². The molecule has 0 aliphatic rings. The van der Waals surface area contributed by atoms with Crippen LogP contribution in [0.1, 0.15) is 0 Å². The number of aromatic hydroxyl groups is 1. The van der Waals surface area contributed by atoms with Crippen molar-refractivity contribution >= 4 is 5.69 Å². The quantitative estimate of drug-likeness (QED) is 0.612. The van der Waals surface area contributed by atoms with Gasteiger partial charge in [-0.2, -0.15) is 0 Å². The second-order valence-corrected chi connectivity index (χ2v) is 1.94. The van der Waals surface area contributed by atoms with Crippen molar-refractivity contribution in [3.63, 3.8) is 0 Å². The lowest BCUT2D eigenvalue weighted by Gasteiger charge is -1.76. The third-order valence-electron chi connectivity index (χ3n) is 1.16. The SMILES string of the molecule is O=Nc1cccc(O)c(=O)c1. The van der Waals surface area contributed by atoms with Gasteiger partial charge < -0.3 is 5.11 Å². The van der Waals surface area contributed by atoms with E-state index in [9.17, 15) is 9.70 Å². The molecule has 1 N–H and O–H groups in total. The summed E-state index contributed by atoms with van der Waals surface area (Å²) in [5.74, 6) is -0.389. The normalized spacial score (nSPS) is 9.09. The van der Waals surface area contributed by atoms with Crippen LogP contribution in [0.4, 0.5) is 5.69 Å². The van der Waals surface area contributed by atoms with Crippen molar-refractivity contribution in [1.29, 1.82) is 0 Å². The molecule has 0 bridgehead atoms. The Morgan fingerprint density at radius 2 is 2.09 bits per heavy atom. The Labute approximate surface area is 62.1 Å². The highest BCUT2D eigenvalue weighted by Crippen LogP contribution is 2.07. The van der Waals surface area contributed by atoms with E-state index in [4.69, 9.17) is 5.11 Å². The fourth-order valence-electron chi connectivity index (χ4n) is 0.633. The largest absolute Gasteiger partial charge is 0.504 e. The molecule has 0 unspecified atom stereocenters. The second-order valence-electron chi connectivity index (χ2n) is 1.94. The van der Waals surface area contributed by atoms with Crippen LogP contribution < -0.4 is 5.43 Å². The van der Waals surface area contributed by atoms with E-state index in [0.29, 0.717) is 0 Å². The van der Waals surface area contributed by atoms with Gasteiger partial charge in [0, 0.05) is 6.07 Å². The Morgan fingerprint density at radius 3 is 2.73 bits per heavy atom. The fraction of sp³-hybridized carbons (Fsp3) is 0. The van der Waals surface area contributed by atoms with E-state index in [1.54, 1.807) is 0 Å². The van der Waals surface area contributed by atoms with Gasteiger partial charge in [-0.05, 0) is 17.3 Å². The molecule has 11 heavy (non-hydrogen) atoms. The molecular formula is C7H5NO3. The van der Waals surface area contributed by atoms with Crippen molar-refractivity contribution in [3.8, 4) is 5.75 Å². The Bertz CT molecular complexity index is 335. The van der Waals surface area contributed by atoms with Crippen molar-refractivity contribution in [3.05, 3.63) is 39.4 Å². The molecule has 0 fully saturated rings. The fourth-order valence-corrected chi connectivity index (χ4v) is 0.633. The lowest BCUT2D eigenvalue weighted by Crippen LogP contribution is -1.91. The van der Waals surface area contributed by atoms with Crippen LogP contribution in [0.5, 0.6) is 5.75 Å². The summed E-state index contributed by atoms with van der Waals surface area (Å²) in [5.41, 5.74) is -0.597. The van der Waals surface area contributed by atoms with Crippen molar-refractivity contribution in [2.45, 2.75) is 0 Å². The molecular weight excluding hydrogens is 146 g/mol. The minimum atomic E-state index is -0.607. The highest BCUT2D eigenvalue weighted by atomic mass is 16.3. The van der Waals surface area contributed by atoms with Crippen molar-refractivity contribution < 1.29 is 5.11 Å². The summed E-state index contributed by atoms with van der Waals surface area (Å²) in [6.07, 6.45) is 0. The predicted octanol–water partition coefficient (Wildman–Crippen LogP) is 1.15. The minimum Gasteiger partial charge on any atom is -0.504 e. The lowest BCUT2D eigenvalue weighted by molar-refractivity contribution is 0.471. The molecule has 1 aromatic carbocycles. The Kier molecular flexibility index (Phi) is 1.96. The van der Waals surface area contributed by atoms with Gasteiger partial charge in [0.2, 0.25) is 5.43 Å². The highest BCUT2D eigenvalue weighted by molar-refractivity contribution is 5.37. The highest BCUT2D eigenvalue weighted by Gasteiger charge is 1.93. The monoisotopic (exact) mass is 151 g/mol. The van der Waals surface area contributed by atoms with Crippen LogP contribution in [0.2, 0.25) is 0 Å². The van der Waals surface area contributed by atoms with Crippen LogP contribution in [0.25, 0.3) is 0 Å². The van der Waals surface area contributed by atoms with Gasteiger partial charge in [0.25, 0.3) is 0 Å². The molecule has 0 aliphatic heterocycles. The predicted molar refractivity (Wildman–Crippen MR) is 39.8 cm³/mol. The average molecular weight is 151 g/mol. The molecule has 0 atom stereocenters. The summed E-state index contributed by atoms with van der Waals surface area (Å²) in [6.45, 7) is 0. The van der Waals surface area contributed by atoms with E-state index in [0.717, 1.165) is 6.07 Å². The molecule has 0 radical (unpaired) electrons. The van der Waals surface area contributed by atoms with E-state index in [2.05, 4.69) is 5.18 Å². The third kappa shape index (κ3) is 1.61. The molecule has 0 aliphatic carbocycles. The Hall–Kier alpha value is -1.71. The summed E-state index contributed by atoms with van der Waals surface area (Å²) in [6, 6.07) is 4.90. The first-order valence-electron chi connectivity index (χ1n) is 2.91. The van der Waals surface area contributed by atoms with E-state index < -0.39 is 5.43 Å².